The summed E-state index contributed by atoms with van der Waals surface area (Å²) in [5.41, 5.74) is 3.88. The summed E-state index contributed by atoms with van der Waals surface area (Å²) in [6.45, 7) is 5.51. The molecule has 0 bridgehead atoms. The van der Waals surface area contributed by atoms with Gasteiger partial charge in [0, 0.05) is 32.6 Å². The second-order valence-corrected chi connectivity index (χ2v) is 12.4. The molecule has 1 saturated heterocycles. The summed E-state index contributed by atoms with van der Waals surface area (Å²) in [4.78, 5) is 28.5. The van der Waals surface area contributed by atoms with Gasteiger partial charge in [0.15, 0.2) is 0 Å². The Labute approximate surface area is 243 Å². The minimum atomic E-state index is -3.48. The molecule has 3 aromatic carbocycles. The van der Waals surface area contributed by atoms with E-state index < -0.39 is 16.1 Å². The molecule has 218 valence electrons. The highest BCUT2D eigenvalue weighted by molar-refractivity contribution is 7.89. The number of ether oxygens (including phenoxy) is 1. The number of amides is 2. The van der Waals surface area contributed by atoms with Crippen molar-refractivity contribution < 1.29 is 22.7 Å². The molecule has 4 rings (SSSR count). The maximum absolute atomic E-state index is 13.5. The van der Waals surface area contributed by atoms with Gasteiger partial charge in [-0.15, -0.1) is 0 Å². The zero-order valence-corrected chi connectivity index (χ0v) is 24.8. The van der Waals surface area contributed by atoms with Crippen LogP contribution in [0.5, 0.6) is 5.75 Å². The van der Waals surface area contributed by atoms with Crippen LogP contribution >= 0.6 is 0 Å². The summed E-state index contributed by atoms with van der Waals surface area (Å²) in [5.74, 6) is 0.321. The largest absolute Gasteiger partial charge is 0.497 e. The molecule has 1 N–H and O–H groups in total. The average molecular weight is 578 g/mol. The highest BCUT2D eigenvalue weighted by Crippen LogP contribution is 2.22. The van der Waals surface area contributed by atoms with Crippen LogP contribution in [-0.2, 0) is 39.1 Å². The average Bonchev–Trinajstić information content (AvgIpc) is 3.55. The minimum absolute atomic E-state index is 0.160. The number of hydrogen-bond acceptors (Lipinski definition) is 5. The van der Waals surface area contributed by atoms with Crippen LogP contribution in [0.3, 0.4) is 0 Å². The van der Waals surface area contributed by atoms with Gasteiger partial charge < -0.3 is 15.0 Å². The molecule has 41 heavy (non-hydrogen) atoms. The standard InChI is InChI=1S/C32H39N3O5S/c1-24-6-8-27(9-7-24)22-33-32(37)25(2)35(23-28-10-15-29(40-3)16-11-28)31(36)19-14-26-12-17-30(18-13-26)41(38,39)34-20-4-5-21-34/h6-13,15-18,25H,4-5,14,19-23H2,1-3H3,(H,33,37)/t25-/m1/s1. The van der Waals surface area contributed by atoms with Gasteiger partial charge in [0.05, 0.1) is 12.0 Å². The van der Waals surface area contributed by atoms with Gasteiger partial charge in [0.25, 0.3) is 0 Å². The lowest BCUT2D eigenvalue weighted by Crippen LogP contribution is -2.47. The second-order valence-electron chi connectivity index (χ2n) is 10.5. The fraction of sp³-hybridized carbons (Fsp3) is 0.375. The van der Waals surface area contributed by atoms with Crippen LogP contribution in [0, 0.1) is 6.92 Å². The van der Waals surface area contributed by atoms with Crippen LogP contribution in [0.2, 0.25) is 0 Å². The Kier molecular flexibility index (Phi) is 10.2. The summed E-state index contributed by atoms with van der Waals surface area (Å²) < 4.78 is 32.4. The zero-order chi connectivity index (χ0) is 29.4. The molecule has 0 radical (unpaired) electrons. The number of sulfonamides is 1. The molecule has 1 aliphatic heterocycles. The van der Waals surface area contributed by atoms with Gasteiger partial charge in [0.1, 0.15) is 11.8 Å². The van der Waals surface area contributed by atoms with E-state index in [-0.39, 0.29) is 29.7 Å². The quantitative estimate of drug-likeness (QED) is 0.343. The summed E-state index contributed by atoms with van der Waals surface area (Å²) >= 11 is 0. The highest BCUT2D eigenvalue weighted by atomic mass is 32.2. The van der Waals surface area contributed by atoms with Crippen molar-refractivity contribution in [3.8, 4) is 5.75 Å². The lowest BCUT2D eigenvalue weighted by molar-refractivity contribution is -0.140. The lowest BCUT2D eigenvalue weighted by atomic mass is 10.1. The summed E-state index contributed by atoms with van der Waals surface area (Å²) in [5, 5.41) is 2.96. The predicted octanol–water partition coefficient (Wildman–Crippen LogP) is 4.45. The molecule has 0 spiro atoms. The fourth-order valence-electron chi connectivity index (χ4n) is 4.85. The first-order valence-electron chi connectivity index (χ1n) is 14.0. The first-order valence-corrected chi connectivity index (χ1v) is 15.5. The topological polar surface area (TPSA) is 96.0 Å². The molecule has 1 aliphatic rings. The Morgan fingerprint density at radius 1 is 0.902 bits per heavy atom. The number of hydrogen-bond donors (Lipinski definition) is 1. The molecule has 0 aliphatic carbocycles. The Balaban J connectivity index is 1.43. The van der Waals surface area contributed by atoms with E-state index >= 15 is 0 Å². The fourth-order valence-corrected chi connectivity index (χ4v) is 6.37. The van der Waals surface area contributed by atoms with Gasteiger partial charge >= 0.3 is 0 Å². The van der Waals surface area contributed by atoms with Crippen LogP contribution in [0.1, 0.15) is 48.4 Å². The molecule has 2 amide bonds. The van der Waals surface area contributed by atoms with Crippen molar-refractivity contribution in [2.45, 2.75) is 63.6 Å². The maximum atomic E-state index is 13.5. The van der Waals surface area contributed by atoms with E-state index in [1.807, 2.05) is 55.5 Å². The van der Waals surface area contributed by atoms with Gasteiger partial charge in [-0.25, -0.2) is 8.42 Å². The molecule has 3 aromatic rings. The number of aryl methyl sites for hydroxylation is 2. The molecule has 0 saturated carbocycles. The number of nitrogens with one attached hydrogen (secondary N) is 1. The van der Waals surface area contributed by atoms with Gasteiger partial charge in [-0.1, -0.05) is 54.1 Å². The van der Waals surface area contributed by atoms with Crippen molar-refractivity contribution in [3.05, 3.63) is 95.1 Å². The first-order chi connectivity index (χ1) is 19.7. The molecule has 1 heterocycles. The van der Waals surface area contributed by atoms with Crippen LogP contribution in [0.25, 0.3) is 0 Å². The number of carbonyl (C=O) groups is 2. The molecule has 9 heteroatoms. The minimum Gasteiger partial charge on any atom is -0.497 e. The molecular weight excluding hydrogens is 538 g/mol. The van der Waals surface area contributed by atoms with Crippen molar-refractivity contribution in [1.82, 2.24) is 14.5 Å². The summed E-state index contributed by atoms with van der Waals surface area (Å²) in [6.07, 6.45) is 2.38. The van der Waals surface area contributed by atoms with Gasteiger partial charge in [0.2, 0.25) is 21.8 Å². The van der Waals surface area contributed by atoms with Crippen molar-refractivity contribution in [2.75, 3.05) is 20.2 Å². The van der Waals surface area contributed by atoms with Crippen LogP contribution < -0.4 is 10.1 Å². The Morgan fingerprint density at radius 2 is 1.49 bits per heavy atom. The highest BCUT2D eigenvalue weighted by Gasteiger charge is 2.28. The van der Waals surface area contributed by atoms with E-state index in [9.17, 15) is 18.0 Å². The van der Waals surface area contributed by atoms with E-state index in [0.717, 1.165) is 35.1 Å². The third kappa shape index (κ3) is 7.95. The molecule has 0 aromatic heterocycles. The Hall–Kier alpha value is -3.69. The van der Waals surface area contributed by atoms with Crippen LogP contribution in [0.15, 0.2) is 77.7 Å². The van der Waals surface area contributed by atoms with E-state index in [1.54, 1.807) is 43.2 Å². The number of benzene rings is 3. The van der Waals surface area contributed by atoms with Crippen molar-refractivity contribution >= 4 is 21.8 Å². The van der Waals surface area contributed by atoms with Gasteiger partial charge in [-0.3, -0.25) is 9.59 Å². The summed E-state index contributed by atoms with van der Waals surface area (Å²) in [6, 6.07) is 21.4. The number of rotatable bonds is 12. The van der Waals surface area contributed by atoms with E-state index in [4.69, 9.17) is 4.74 Å². The first kappa shape index (κ1) is 30.3. The lowest BCUT2D eigenvalue weighted by Gasteiger charge is -2.29. The van der Waals surface area contributed by atoms with Gasteiger partial charge in [-0.2, -0.15) is 4.31 Å². The van der Waals surface area contributed by atoms with E-state index in [2.05, 4.69) is 5.32 Å². The van der Waals surface area contributed by atoms with Crippen molar-refractivity contribution in [3.63, 3.8) is 0 Å². The van der Waals surface area contributed by atoms with Crippen LogP contribution in [-0.4, -0.2) is 55.7 Å². The maximum Gasteiger partial charge on any atom is 0.243 e. The SMILES string of the molecule is COc1ccc(CN(C(=O)CCc2ccc(S(=O)(=O)N3CCCC3)cc2)[C@H](C)C(=O)NCc2ccc(C)cc2)cc1. The van der Waals surface area contributed by atoms with E-state index in [1.165, 1.54) is 4.31 Å². The summed E-state index contributed by atoms with van der Waals surface area (Å²) in [7, 11) is -1.89. The monoisotopic (exact) mass is 577 g/mol. The molecule has 8 nitrogen and oxygen atoms in total. The number of nitrogens with zero attached hydrogens (tertiary/aromatic N) is 2. The normalized spacial score (nSPS) is 14.4. The van der Waals surface area contributed by atoms with Crippen molar-refractivity contribution in [1.29, 1.82) is 0 Å². The van der Waals surface area contributed by atoms with E-state index in [0.29, 0.717) is 31.8 Å². The Bertz CT molecular complexity index is 1420. The third-order valence-corrected chi connectivity index (χ3v) is 9.43. The second kappa shape index (κ2) is 13.8. The number of methoxy groups -OCH3 is 1. The zero-order valence-electron chi connectivity index (χ0n) is 24.0. The van der Waals surface area contributed by atoms with Crippen molar-refractivity contribution in [2.24, 2.45) is 0 Å². The molecular formula is C32H39N3O5S. The number of carbonyl (C=O) groups excluding carboxylic acids is 2. The third-order valence-electron chi connectivity index (χ3n) is 7.52. The molecule has 0 unspecified atom stereocenters. The Morgan fingerprint density at radius 3 is 2.10 bits per heavy atom. The van der Waals surface area contributed by atoms with Crippen LogP contribution in [0.4, 0.5) is 0 Å². The molecule has 1 atom stereocenters. The molecule has 1 fully saturated rings. The van der Waals surface area contributed by atoms with Gasteiger partial charge in [-0.05, 0) is 74.1 Å². The predicted molar refractivity (Wildman–Crippen MR) is 159 cm³/mol. The smallest absolute Gasteiger partial charge is 0.243 e.